The molecular weight excluding hydrogens is 290 g/mol. The van der Waals surface area contributed by atoms with Crippen LogP contribution in [-0.4, -0.2) is 28.2 Å². The Balaban J connectivity index is 1.73. The summed E-state index contributed by atoms with van der Waals surface area (Å²) in [5.74, 6) is 0. The van der Waals surface area contributed by atoms with E-state index in [9.17, 15) is 8.42 Å². The van der Waals surface area contributed by atoms with Gasteiger partial charge in [-0.3, -0.25) is 9.40 Å². The second-order valence-corrected chi connectivity index (χ2v) is 6.07. The van der Waals surface area contributed by atoms with Gasteiger partial charge in [-0.2, -0.15) is 13.5 Å². The van der Waals surface area contributed by atoms with Crippen LogP contribution in [0.3, 0.4) is 0 Å². The first-order valence-corrected chi connectivity index (χ1v) is 7.69. The van der Waals surface area contributed by atoms with Crippen molar-refractivity contribution in [3.05, 3.63) is 60.8 Å². The molecule has 0 aliphatic carbocycles. The molecule has 0 radical (unpaired) electrons. The van der Waals surface area contributed by atoms with E-state index in [4.69, 9.17) is 0 Å². The lowest BCUT2D eigenvalue weighted by molar-refractivity contribution is 0.598. The molecule has 0 saturated heterocycles. The number of benzene rings is 1. The van der Waals surface area contributed by atoms with Crippen LogP contribution in [0.15, 0.2) is 60.3 Å². The fourth-order valence-electron chi connectivity index (χ4n) is 1.86. The summed E-state index contributed by atoms with van der Waals surface area (Å²) in [5, 5.41) is 4.15. The highest BCUT2D eigenvalue weighted by Gasteiger charge is 2.15. The van der Waals surface area contributed by atoms with Crippen LogP contribution in [0.4, 0.5) is 5.69 Å². The number of H-pyrrole nitrogens is 1. The molecule has 1 aromatic carbocycles. The zero-order valence-corrected chi connectivity index (χ0v) is 11.8. The van der Waals surface area contributed by atoms with E-state index in [1.54, 1.807) is 23.0 Å². The second kappa shape index (κ2) is 5.41. The van der Waals surface area contributed by atoms with Crippen LogP contribution in [0.1, 0.15) is 5.56 Å². The molecule has 0 bridgehead atoms. The molecule has 0 aliphatic heterocycles. The smallest absolute Gasteiger partial charge is 0.278 e. The van der Waals surface area contributed by atoms with Gasteiger partial charge in [0.15, 0.2) is 5.03 Å². The lowest BCUT2D eigenvalue weighted by Gasteiger charge is -2.07. The molecule has 21 heavy (non-hydrogen) atoms. The van der Waals surface area contributed by atoms with E-state index >= 15 is 0 Å². The number of hydrogen-bond acceptors (Lipinski definition) is 4. The molecular formula is C13H13N5O2S. The molecule has 3 rings (SSSR count). The third-order valence-electron chi connectivity index (χ3n) is 2.87. The Kier molecular flexibility index (Phi) is 3.44. The summed E-state index contributed by atoms with van der Waals surface area (Å²) in [7, 11) is -3.62. The Bertz CT molecular complexity index is 793. The topological polar surface area (TPSA) is 92.7 Å². The Labute approximate surface area is 121 Å². The molecule has 2 aromatic heterocycles. The van der Waals surface area contributed by atoms with Crippen molar-refractivity contribution < 1.29 is 8.42 Å². The van der Waals surface area contributed by atoms with E-state index in [0.717, 1.165) is 5.56 Å². The standard InChI is InChI=1S/C13H13N5O2S/c19-21(20,13-8-14-10-15-13)17-12-4-2-11(3-5-12)9-18-7-1-6-16-18/h1-8,10,17H,9H2,(H,14,15). The number of nitrogens with one attached hydrogen (secondary N) is 2. The molecule has 0 unspecified atom stereocenters. The van der Waals surface area contributed by atoms with Gasteiger partial charge in [-0.1, -0.05) is 12.1 Å². The number of hydrogen-bond donors (Lipinski definition) is 2. The Morgan fingerprint density at radius 1 is 1.24 bits per heavy atom. The van der Waals surface area contributed by atoms with Crippen molar-refractivity contribution in [1.82, 2.24) is 19.7 Å². The van der Waals surface area contributed by atoms with E-state index < -0.39 is 10.0 Å². The summed E-state index contributed by atoms with van der Waals surface area (Å²) in [4.78, 5) is 6.27. The van der Waals surface area contributed by atoms with Gasteiger partial charge in [0.1, 0.15) is 0 Å². The lowest BCUT2D eigenvalue weighted by atomic mass is 10.2. The van der Waals surface area contributed by atoms with E-state index in [-0.39, 0.29) is 5.03 Å². The summed E-state index contributed by atoms with van der Waals surface area (Å²) in [6.45, 7) is 0.639. The first kappa shape index (κ1) is 13.4. The molecule has 2 heterocycles. The molecule has 0 amide bonds. The average Bonchev–Trinajstić information content (AvgIpc) is 3.13. The highest BCUT2D eigenvalue weighted by molar-refractivity contribution is 7.92. The number of aromatic nitrogens is 4. The summed E-state index contributed by atoms with van der Waals surface area (Å²) in [6.07, 6.45) is 6.16. The molecule has 108 valence electrons. The normalized spacial score (nSPS) is 11.4. The SMILES string of the molecule is O=S(=O)(Nc1ccc(Cn2cccn2)cc1)c1cnc[nH]1. The predicted octanol–water partition coefficient (Wildman–Crippen LogP) is 1.46. The lowest BCUT2D eigenvalue weighted by Crippen LogP contribution is -2.13. The van der Waals surface area contributed by atoms with Gasteiger partial charge >= 0.3 is 0 Å². The van der Waals surface area contributed by atoms with Gasteiger partial charge in [-0.25, -0.2) is 4.98 Å². The molecule has 0 fully saturated rings. The molecule has 7 nitrogen and oxygen atoms in total. The van der Waals surface area contributed by atoms with Gasteiger partial charge in [-0.15, -0.1) is 0 Å². The Hall–Kier alpha value is -2.61. The first-order valence-electron chi connectivity index (χ1n) is 6.21. The third kappa shape index (κ3) is 3.11. The van der Waals surface area contributed by atoms with Crippen molar-refractivity contribution in [2.75, 3.05) is 4.72 Å². The van der Waals surface area contributed by atoms with E-state index in [1.165, 1.54) is 12.5 Å². The molecule has 0 spiro atoms. The zero-order valence-electron chi connectivity index (χ0n) is 11.0. The molecule has 3 aromatic rings. The van der Waals surface area contributed by atoms with Gasteiger partial charge < -0.3 is 4.98 Å². The minimum atomic E-state index is -3.62. The van der Waals surface area contributed by atoms with Gasteiger partial charge in [0, 0.05) is 18.1 Å². The first-order chi connectivity index (χ1) is 10.1. The third-order valence-corrected chi connectivity index (χ3v) is 4.18. The summed E-state index contributed by atoms with van der Waals surface area (Å²) in [5.41, 5.74) is 1.53. The van der Waals surface area contributed by atoms with Gasteiger partial charge in [-0.05, 0) is 23.8 Å². The minimum absolute atomic E-state index is 0.0307. The Morgan fingerprint density at radius 2 is 2.05 bits per heavy atom. The number of imidazole rings is 1. The van der Waals surface area contributed by atoms with Gasteiger partial charge in [0.25, 0.3) is 10.0 Å². The monoisotopic (exact) mass is 303 g/mol. The zero-order chi connectivity index (χ0) is 14.7. The van der Waals surface area contributed by atoms with Gasteiger partial charge in [0.05, 0.1) is 19.1 Å². The van der Waals surface area contributed by atoms with Crippen molar-refractivity contribution in [3.8, 4) is 0 Å². The van der Waals surface area contributed by atoms with Crippen molar-refractivity contribution >= 4 is 15.7 Å². The summed E-state index contributed by atoms with van der Waals surface area (Å²) in [6, 6.07) is 8.99. The largest absolute Gasteiger partial charge is 0.334 e. The quantitative estimate of drug-likeness (QED) is 0.746. The van der Waals surface area contributed by atoms with Crippen molar-refractivity contribution in [2.45, 2.75) is 11.6 Å². The summed E-state index contributed by atoms with van der Waals surface area (Å²) >= 11 is 0. The van der Waals surface area contributed by atoms with Crippen LogP contribution in [0.25, 0.3) is 0 Å². The molecule has 0 atom stereocenters. The maximum absolute atomic E-state index is 12.0. The number of anilines is 1. The van der Waals surface area contributed by atoms with Crippen LogP contribution in [0.2, 0.25) is 0 Å². The molecule has 2 N–H and O–H groups in total. The molecule has 8 heteroatoms. The summed E-state index contributed by atoms with van der Waals surface area (Å²) < 4.78 is 28.3. The second-order valence-electron chi connectivity index (χ2n) is 4.42. The average molecular weight is 303 g/mol. The molecule has 0 aliphatic rings. The number of rotatable bonds is 5. The Morgan fingerprint density at radius 3 is 2.67 bits per heavy atom. The van der Waals surface area contributed by atoms with E-state index in [0.29, 0.717) is 12.2 Å². The maximum atomic E-state index is 12.0. The predicted molar refractivity (Wildman–Crippen MR) is 77.2 cm³/mol. The maximum Gasteiger partial charge on any atom is 0.278 e. The minimum Gasteiger partial charge on any atom is -0.334 e. The van der Waals surface area contributed by atoms with Crippen LogP contribution >= 0.6 is 0 Å². The van der Waals surface area contributed by atoms with Crippen molar-refractivity contribution in [1.29, 1.82) is 0 Å². The highest BCUT2D eigenvalue weighted by Crippen LogP contribution is 2.15. The van der Waals surface area contributed by atoms with Crippen molar-refractivity contribution in [3.63, 3.8) is 0 Å². The van der Waals surface area contributed by atoms with Crippen LogP contribution in [0.5, 0.6) is 0 Å². The molecule has 0 saturated carbocycles. The fourth-order valence-corrected chi connectivity index (χ4v) is 2.82. The fraction of sp³-hybridized carbons (Fsp3) is 0.0769. The highest BCUT2D eigenvalue weighted by atomic mass is 32.2. The van der Waals surface area contributed by atoms with Crippen molar-refractivity contribution in [2.24, 2.45) is 0 Å². The van der Waals surface area contributed by atoms with E-state index in [1.807, 2.05) is 24.4 Å². The van der Waals surface area contributed by atoms with Crippen LogP contribution in [-0.2, 0) is 16.6 Å². The van der Waals surface area contributed by atoms with E-state index in [2.05, 4.69) is 19.8 Å². The number of nitrogens with zero attached hydrogens (tertiary/aromatic N) is 3. The van der Waals surface area contributed by atoms with Gasteiger partial charge in [0.2, 0.25) is 0 Å². The number of aromatic amines is 1. The van der Waals surface area contributed by atoms with Crippen LogP contribution < -0.4 is 4.72 Å². The van der Waals surface area contributed by atoms with Crippen LogP contribution in [0, 0.1) is 0 Å². The number of sulfonamides is 1.